The highest BCUT2D eigenvalue weighted by Crippen LogP contribution is 2.24. The highest BCUT2D eigenvalue weighted by molar-refractivity contribution is 7.89. The average molecular weight is 487 g/mol. The van der Waals surface area contributed by atoms with E-state index in [-0.39, 0.29) is 17.3 Å². The number of rotatable bonds is 10. The van der Waals surface area contributed by atoms with Gasteiger partial charge >= 0.3 is 0 Å². The van der Waals surface area contributed by atoms with Crippen LogP contribution in [0.3, 0.4) is 0 Å². The first kappa shape index (κ1) is 24.2. The van der Waals surface area contributed by atoms with E-state index in [0.717, 1.165) is 18.5 Å². The number of sulfonamides is 1. The Balaban J connectivity index is 1.19. The lowest BCUT2D eigenvalue weighted by molar-refractivity contribution is 0.104. The number of phenols is 1. The van der Waals surface area contributed by atoms with Crippen molar-refractivity contribution in [2.24, 2.45) is 5.92 Å². The van der Waals surface area contributed by atoms with Crippen LogP contribution in [-0.4, -0.2) is 71.6 Å². The molecule has 1 aliphatic heterocycles. The molecule has 9 nitrogen and oxygen atoms in total. The third-order valence-corrected chi connectivity index (χ3v) is 7.82. The van der Waals surface area contributed by atoms with Crippen LogP contribution in [0, 0.1) is 5.92 Å². The maximum atomic E-state index is 13.0. The van der Waals surface area contributed by atoms with Crippen LogP contribution in [0.15, 0.2) is 71.9 Å². The van der Waals surface area contributed by atoms with Gasteiger partial charge in [0.1, 0.15) is 24.2 Å². The van der Waals surface area contributed by atoms with E-state index in [0.29, 0.717) is 37.8 Å². The number of nitrogens with zero attached hydrogens (tertiary/aromatic N) is 3. The Labute approximate surface area is 199 Å². The van der Waals surface area contributed by atoms with Crippen LogP contribution in [0.1, 0.15) is 12.8 Å². The molecule has 0 saturated carbocycles. The Morgan fingerprint density at radius 3 is 2.44 bits per heavy atom. The Morgan fingerprint density at radius 1 is 1.09 bits per heavy atom. The van der Waals surface area contributed by atoms with Gasteiger partial charge in [0, 0.05) is 32.0 Å². The number of ether oxygens (including phenoxy) is 1. The van der Waals surface area contributed by atoms with Crippen molar-refractivity contribution < 1.29 is 23.4 Å². The summed E-state index contributed by atoms with van der Waals surface area (Å²) >= 11 is 0. The van der Waals surface area contributed by atoms with Gasteiger partial charge in [-0.1, -0.05) is 0 Å². The van der Waals surface area contributed by atoms with E-state index in [2.05, 4.69) is 10.4 Å². The molecule has 0 radical (unpaired) electrons. The molecule has 2 aromatic carbocycles. The summed E-state index contributed by atoms with van der Waals surface area (Å²) in [6.07, 6.45) is 4.34. The topological polar surface area (TPSA) is 117 Å². The predicted molar refractivity (Wildman–Crippen MR) is 128 cm³/mol. The first-order valence-corrected chi connectivity index (χ1v) is 12.8. The normalized spacial score (nSPS) is 16.4. The largest absolute Gasteiger partial charge is 0.508 e. The highest BCUT2D eigenvalue weighted by Gasteiger charge is 2.29. The van der Waals surface area contributed by atoms with Gasteiger partial charge in [0.15, 0.2) is 0 Å². The van der Waals surface area contributed by atoms with Crippen LogP contribution < -0.4 is 10.1 Å². The molecule has 1 unspecified atom stereocenters. The van der Waals surface area contributed by atoms with Crippen LogP contribution in [0.5, 0.6) is 11.5 Å². The lowest BCUT2D eigenvalue weighted by Gasteiger charge is -2.31. The van der Waals surface area contributed by atoms with Crippen LogP contribution >= 0.6 is 0 Å². The molecule has 3 N–H and O–H groups in total. The minimum Gasteiger partial charge on any atom is -0.508 e. The van der Waals surface area contributed by atoms with E-state index in [9.17, 15) is 18.6 Å². The molecule has 1 saturated heterocycles. The number of hydrogen-bond donors (Lipinski definition) is 3. The number of nitrogens with one attached hydrogen (secondary N) is 1. The van der Waals surface area contributed by atoms with Crippen molar-refractivity contribution in [2.75, 3.05) is 32.8 Å². The summed E-state index contributed by atoms with van der Waals surface area (Å²) in [6, 6.07) is 14.9. The smallest absolute Gasteiger partial charge is 0.243 e. The van der Waals surface area contributed by atoms with Gasteiger partial charge in [0.05, 0.1) is 10.6 Å². The minimum absolute atomic E-state index is 0.146. The molecule has 1 aromatic heterocycles. The number of phenolic OH excluding ortho intramolecular Hbond substituents is 1. The van der Waals surface area contributed by atoms with E-state index >= 15 is 0 Å². The predicted octanol–water partition coefficient (Wildman–Crippen LogP) is 2.01. The number of aliphatic hydroxyl groups is 1. The fourth-order valence-corrected chi connectivity index (χ4v) is 5.41. The first-order chi connectivity index (χ1) is 16.4. The minimum atomic E-state index is -3.53. The number of aliphatic hydroxyl groups excluding tert-OH is 1. The second-order valence-corrected chi connectivity index (χ2v) is 10.3. The van der Waals surface area contributed by atoms with Crippen molar-refractivity contribution in [1.82, 2.24) is 19.4 Å². The maximum Gasteiger partial charge on any atom is 0.243 e. The fourth-order valence-electron chi connectivity index (χ4n) is 3.94. The third-order valence-electron chi connectivity index (χ3n) is 5.91. The lowest BCUT2D eigenvalue weighted by Crippen LogP contribution is -2.42. The zero-order chi connectivity index (χ0) is 24.0. The molecule has 0 spiro atoms. The van der Waals surface area contributed by atoms with Gasteiger partial charge in [0.2, 0.25) is 10.0 Å². The summed E-state index contributed by atoms with van der Waals surface area (Å²) in [7, 11) is -3.53. The zero-order valence-corrected chi connectivity index (χ0v) is 19.6. The first-order valence-electron chi connectivity index (χ1n) is 11.3. The number of piperidine rings is 1. The quantitative estimate of drug-likeness (QED) is 0.401. The summed E-state index contributed by atoms with van der Waals surface area (Å²) in [5, 5.41) is 26.8. The molecule has 0 amide bonds. The molecule has 1 aliphatic rings. The van der Waals surface area contributed by atoms with Gasteiger partial charge in [0.25, 0.3) is 0 Å². The monoisotopic (exact) mass is 486 g/mol. The van der Waals surface area contributed by atoms with E-state index < -0.39 is 16.1 Å². The summed E-state index contributed by atoms with van der Waals surface area (Å²) in [5.41, 5.74) is 0.810. The van der Waals surface area contributed by atoms with Gasteiger partial charge in [-0.15, -0.1) is 0 Å². The van der Waals surface area contributed by atoms with E-state index in [1.165, 1.54) is 12.1 Å². The summed E-state index contributed by atoms with van der Waals surface area (Å²) < 4.78 is 34.8. The number of hydrogen-bond acceptors (Lipinski definition) is 7. The Kier molecular flexibility index (Phi) is 7.84. The molecular weight excluding hydrogens is 456 g/mol. The molecule has 10 heteroatoms. The molecule has 182 valence electrons. The van der Waals surface area contributed by atoms with Gasteiger partial charge in [-0.05, 0) is 79.9 Å². The number of aromatic hydroxyl groups is 1. The molecule has 1 atom stereocenters. The average Bonchev–Trinajstić information content (AvgIpc) is 3.39. The van der Waals surface area contributed by atoms with Crippen molar-refractivity contribution in [1.29, 1.82) is 0 Å². The van der Waals surface area contributed by atoms with Crippen molar-refractivity contribution in [3.05, 3.63) is 67.0 Å². The summed E-state index contributed by atoms with van der Waals surface area (Å²) in [5.74, 6) is 1.09. The van der Waals surface area contributed by atoms with Crippen molar-refractivity contribution >= 4 is 10.0 Å². The van der Waals surface area contributed by atoms with E-state index in [4.69, 9.17) is 4.74 Å². The molecule has 4 rings (SSSR count). The van der Waals surface area contributed by atoms with Crippen molar-refractivity contribution in [3.63, 3.8) is 0 Å². The Hall–Kier alpha value is -2.92. The molecule has 0 aliphatic carbocycles. The molecule has 34 heavy (non-hydrogen) atoms. The molecular formula is C24H30N4O5S. The van der Waals surface area contributed by atoms with Crippen LogP contribution in [0.25, 0.3) is 5.69 Å². The van der Waals surface area contributed by atoms with Crippen molar-refractivity contribution in [2.45, 2.75) is 23.8 Å². The van der Waals surface area contributed by atoms with E-state index in [1.807, 2.05) is 12.3 Å². The second kappa shape index (κ2) is 11.0. The Bertz CT molecular complexity index is 1130. The van der Waals surface area contributed by atoms with Gasteiger partial charge in [-0.2, -0.15) is 9.40 Å². The van der Waals surface area contributed by atoms with Crippen LogP contribution in [-0.2, 0) is 10.0 Å². The molecule has 0 bridgehead atoms. The molecule has 2 heterocycles. The van der Waals surface area contributed by atoms with Gasteiger partial charge < -0.3 is 20.3 Å². The fraction of sp³-hybridized carbons (Fsp3) is 0.375. The van der Waals surface area contributed by atoms with E-state index in [1.54, 1.807) is 51.6 Å². The molecule has 1 fully saturated rings. The number of benzene rings is 2. The van der Waals surface area contributed by atoms with Crippen molar-refractivity contribution in [3.8, 4) is 17.2 Å². The molecule has 3 aromatic rings. The number of aromatic nitrogens is 2. The van der Waals surface area contributed by atoms with Crippen LogP contribution in [0.4, 0.5) is 0 Å². The van der Waals surface area contributed by atoms with Gasteiger partial charge in [-0.25, -0.2) is 13.1 Å². The SMILES string of the molecule is O=S(=O)(c1ccc(-n2cccn2)cc1)N1CCC(CNCC(O)COc2ccc(O)cc2)CC1. The Morgan fingerprint density at radius 2 is 1.79 bits per heavy atom. The standard InChI is InChI=1S/C24H30N4O5S/c29-21-4-6-23(7-5-21)33-18-22(30)17-25-16-19-10-14-27(15-11-19)34(31,32)24-8-2-20(3-9-24)28-13-1-12-26-28/h1-9,12-13,19,22,25,29-30H,10-11,14-18H2. The summed E-state index contributed by atoms with van der Waals surface area (Å²) in [6.45, 7) is 2.19. The zero-order valence-electron chi connectivity index (χ0n) is 18.8. The second-order valence-electron chi connectivity index (χ2n) is 8.41. The maximum absolute atomic E-state index is 13.0. The highest BCUT2D eigenvalue weighted by atomic mass is 32.2. The van der Waals surface area contributed by atoms with Crippen LogP contribution in [0.2, 0.25) is 0 Å². The van der Waals surface area contributed by atoms with Gasteiger partial charge in [-0.3, -0.25) is 0 Å². The third kappa shape index (κ3) is 6.15. The lowest BCUT2D eigenvalue weighted by atomic mass is 9.98. The summed E-state index contributed by atoms with van der Waals surface area (Å²) in [4.78, 5) is 0.289.